The number of hydrogen-bond acceptors (Lipinski definition) is 7. The van der Waals surface area contributed by atoms with Crippen molar-refractivity contribution in [2.45, 2.75) is 24.3 Å². The Bertz CT molecular complexity index is 1170. The highest BCUT2D eigenvalue weighted by molar-refractivity contribution is 9.10. The van der Waals surface area contributed by atoms with E-state index >= 15 is 0 Å². The van der Waals surface area contributed by atoms with E-state index < -0.39 is 10.0 Å². The molecule has 33 heavy (non-hydrogen) atoms. The number of thiocarbonyl (C=S) groups is 1. The third kappa shape index (κ3) is 5.87. The van der Waals surface area contributed by atoms with Crippen LogP contribution in [0.1, 0.15) is 22.8 Å². The highest BCUT2D eigenvalue weighted by Gasteiger charge is 2.29. The number of ether oxygens (including phenoxy) is 3. The van der Waals surface area contributed by atoms with E-state index in [0.29, 0.717) is 29.0 Å². The first-order valence-corrected chi connectivity index (χ1v) is 12.7. The fourth-order valence-corrected chi connectivity index (χ4v) is 5.14. The van der Waals surface area contributed by atoms with Gasteiger partial charge in [-0.05, 0) is 55.4 Å². The monoisotopic (exact) mass is 557 g/mol. The number of sulfonamides is 1. The smallest absolute Gasteiger partial charge is 0.267 e. The van der Waals surface area contributed by atoms with Gasteiger partial charge in [-0.15, -0.1) is 0 Å². The van der Waals surface area contributed by atoms with Gasteiger partial charge in [0.25, 0.3) is 15.9 Å². The van der Waals surface area contributed by atoms with Crippen molar-refractivity contribution in [3.63, 3.8) is 0 Å². The summed E-state index contributed by atoms with van der Waals surface area (Å²) in [6.07, 6.45) is 0.364. The number of amides is 1. The van der Waals surface area contributed by atoms with Crippen LogP contribution < -0.4 is 29.6 Å². The van der Waals surface area contributed by atoms with Gasteiger partial charge in [-0.25, -0.2) is 8.42 Å². The molecule has 1 aliphatic heterocycles. The van der Waals surface area contributed by atoms with E-state index in [1.807, 2.05) is 0 Å². The first-order valence-electron chi connectivity index (χ1n) is 10.00. The van der Waals surface area contributed by atoms with Crippen LogP contribution in [0.15, 0.2) is 39.7 Å². The molecule has 0 bridgehead atoms. The Kier molecular flexibility index (Phi) is 8.03. The molecule has 1 heterocycles. The standard InChI is InChI=1S/C21H24BrN3O6S2/c1-4-30-18-10-17-12(8-19(18)33(27,28)25-21(32)23-2)7-14(11-31-17)24-20(26)15-9-13(22)5-6-16(15)29-3/h5-6,8-10,14H,4,7,11H2,1-3H3,(H,24,26)(H2,23,25,32). The second kappa shape index (κ2) is 10.6. The van der Waals surface area contributed by atoms with Crippen LogP contribution in [0, 0.1) is 0 Å². The molecule has 12 heteroatoms. The van der Waals surface area contributed by atoms with Crippen LogP contribution in [0.5, 0.6) is 17.2 Å². The number of carbonyl (C=O) groups is 1. The highest BCUT2D eigenvalue weighted by atomic mass is 79.9. The molecule has 3 rings (SSSR count). The van der Waals surface area contributed by atoms with Crippen molar-refractivity contribution in [1.82, 2.24) is 15.4 Å². The van der Waals surface area contributed by atoms with Gasteiger partial charge in [-0.1, -0.05) is 15.9 Å². The fourth-order valence-electron chi connectivity index (χ4n) is 3.31. The van der Waals surface area contributed by atoms with Crippen molar-refractivity contribution in [2.24, 2.45) is 0 Å². The van der Waals surface area contributed by atoms with Gasteiger partial charge in [0, 0.05) is 17.6 Å². The maximum absolute atomic E-state index is 12.9. The van der Waals surface area contributed by atoms with E-state index in [9.17, 15) is 13.2 Å². The Labute approximate surface area is 206 Å². The number of carbonyl (C=O) groups excluding carboxylic acids is 1. The lowest BCUT2D eigenvalue weighted by molar-refractivity contribution is 0.0912. The molecule has 1 aliphatic rings. The first-order chi connectivity index (χ1) is 15.7. The number of hydrogen-bond donors (Lipinski definition) is 3. The van der Waals surface area contributed by atoms with E-state index in [1.165, 1.54) is 20.2 Å². The van der Waals surface area contributed by atoms with Crippen molar-refractivity contribution in [2.75, 3.05) is 27.4 Å². The van der Waals surface area contributed by atoms with Crippen molar-refractivity contribution >= 4 is 49.2 Å². The van der Waals surface area contributed by atoms with Crippen LogP contribution in [0.2, 0.25) is 0 Å². The Morgan fingerprint density at radius 2 is 2.03 bits per heavy atom. The average Bonchev–Trinajstić information content (AvgIpc) is 2.78. The number of methoxy groups -OCH3 is 1. The predicted molar refractivity (Wildman–Crippen MR) is 131 cm³/mol. The number of fused-ring (bicyclic) bond motifs is 1. The summed E-state index contributed by atoms with van der Waals surface area (Å²) in [6.45, 7) is 2.24. The van der Waals surface area contributed by atoms with Gasteiger partial charge < -0.3 is 24.8 Å². The minimum atomic E-state index is -4.00. The van der Waals surface area contributed by atoms with Gasteiger partial charge in [-0.3, -0.25) is 9.52 Å². The summed E-state index contributed by atoms with van der Waals surface area (Å²) < 4.78 is 45.4. The quantitative estimate of drug-likeness (QED) is 0.444. The van der Waals surface area contributed by atoms with Crippen molar-refractivity contribution in [3.05, 3.63) is 45.9 Å². The van der Waals surface area contributed by atoms with Crippen molar-refractivity contribution in [1.29, 1.82) is 0 Å². The number of halogens is 1. The molecular formula is C21H24BrN3O6S2. The molecule has 9 nitrogen and oxygen atoms in total. The molecule has 0 radical (unpaired) electrons. The predicted octanol–water partition coefficient (Wildman–Crippen LogP) is 2.37. The molecule has 1 amide bonds. The summed E-state index contributed by atoms with van der Waals surface area (Å²) >= 11 is 8.31. The van der Waals surface area contributed by atoms with Crippen LogP contribution in [0.4, 0.5) is 0 Å². The fraction of sp³-hybridized carbons (Fsp3) is 0.333. The van der Waals surface area contributed by atoms with Gasteiger partial charge in [-0.2, -0.15) is 0 Å². The van der Waals surface area contributed by atoms with E-state index in [4.69, 9.17) is 26.4 Å². The second-order valence-electron chi connectivity index (χ2n) is 7.05. The van der Waals surface area contributed by atoms with Crippen LogP contribution in [-0.2, 0) is 16.4 Å². The van der Waals surface area contributed by atoms with Crippen LogP contribution in [0.25, 0.3) is 0 Å². The van der Waals surface area contributed by atoms with E-state index in [-0.39, 0.29) is 40.9 Å². The van der Waals surface area contributed by atoms with Gasteiger partial charge in [0.15, 0.2) is 5.11 Å². The third-order valence-corrected chi connectivity index (χ3v) is 7.12. The van der Waals surface area contributed by atoms with Gasteiger partial charge >= 0.3 is 0 Å². The zero-order valence-corrected chi connectivity index (χ0v) is 21.4. The van der Waals surface area contributed by atoms with Crippen LogP contribution in [-0.4, -0.2) is 52.9 Å². The summed E-state index contributed by atoms with van der Waals surface area (Å²) in [7, 11) is -0.990. The summed E-state index contributed by atoms with van der Waals surface area (Å²) in [5, 5.41) is 5.46. The zero-order chi connectivity index (χ0) is 24.2. The molecule has 0 saturated heterocycles. The van der Waals surface area contributed by atoms with Crippen LogP contribution in [0.3, 0.4) is 0 Å². The van der Waals surface area contributed by atoms with Gasteiger partial charge in [0.1, 0.15) is 28.8 Å². The van der Waals surface area contributed by atoms with E-state index in [0.717, 1.165) is 4.47 Å². The molecule has 0 saturated carbocycles. The summed E-state index contributed by atoms with van der Waals surface area (Å²) in [4.78, 5) is 12.8. The molecule has 3 N–H and O–H groups in total. The van der Waals surface area contributed by atoms with Gasteiger partial charge in [0.2, 0.25) is 0 Å². The Hall–Kier alpha value is -2.57. The molecule has 0 aliphatic carbocycles. The lowest BCUT2D eigenvalue weighted by Gasteiger charge is -2.27. The zero-order valence-electron chi connectivity index (χ0n) is 18.2. The highest BCUT2D eigenvalue weighted by Crippen LogP contribution is 2.35. The molecule has 1 unspecified atom stereocenters. The molecule has 2 aromatic carbocycles. The van der Waals surface area contributed by atoms with E-state index in [2.05, 4.69) is 31.3 Å². The normalized spacial score (nSPS) is 15.0. The Balaban J connectivity index is 1.87. The molecule has 0 fully saturated rings. The first kappa shape index (κ1) is 25.1. The summed E-state index contributed by atoms with van der Waals surface area (Å²) in [6, 6.07) is 7.79. The minimum Gasteiger partial charge on any atom is -0.496 e. The lowest BCUT2D eigenvalue weighted by atomic mass is 10.0. The minimum absolute atomic E-state index is 0.0421. The third-order valence-electron chi connectivity index (χ3n) is 4.82. The Morgan fingerprint density at radius 1 is 1.27 bits per heavy atom. The van der Waals surface area contributed by atoms with Gasteiger partial charge in [0.05, 0.1) is 25.3 Å². The largest absolute Gasteiger partial charge is 0.496 e. The molecule has 2 aromatic rings. The number of rotatable bonds is 7. The van der Waals surface area contributed by atoms with E-state index in [1.54, 1.807) is 31.2 Å². The van der Waals surface area contributed by atoms with Crippen LogP contribution >= 0.6 is 28.1 Å². The SMILES string of the molecule is CCOc1cc2c(cc1S(=O)(=O)NC(=S)NC)CC(NC(=O)c1cc(Br)ccc1OC)CO2. The lowest BCUT2D eigenvalue weighted by Crippen LogP contribution is -2.43. The molecule has 178 valence electrons. The van der Waals surface area contributed by atoms with Crippen molar-refractivity contribution < 1.29 is 27.4 Å². The maximum atomic E-state index is 12.9. The maximum Gasteiger partial charge on any atom is 0.267 e. The number of benzene rings is 2. The topological polar surface area (TPSA) is 115 Å². The molecule has 0 aromatic heterocycles. The summed E-state index contributed by atoms with van der Waals surface area (Å²) in [5.41, 5.74) is 0.990. The second-order valence-corrected chi connectivity index (χ2v) is 10.0. The molecule has 0 spiro atoms. The molecular weight excluding hydrogens is 534 g/mol. The number of nitrogens with one attached hydrogen (secondary N) is 3. The molecule has 1 atom stereocenters. The summed E-state index contributed by atoms with van der Waals surface area (Å²) in [5.74, 6) is 0.766. The van der Waals surface area contributed by atoms with Crippen molar-refractivity contribution in [3.8, 4) is 17.2 Å². The Morgan fingerprint density at radius 3 is 2.70 bits per heavy atom. The average molecular weight is 558 g/mol.